The van der Waals surface area contributed by atoms with Crippen LogP contribution in [0, 0.1) is 52.3 Å². The Balaban J connectivity index is 1.67. The minimum absolute atomic E-state index is 0.167. The summed E-state index contributed by atoms with van der Waals surface area (Å²) < 4.78 is 0. The van der Waals surface area contributed by atoms with E-state index in [1.165, 1.54) is 25.7 Å². The number of fused-ring (bicyclic) bond motifs is 5. The van der Waals surface area contributed by atoms with E-state index in [9.17, 15) is 15.3 Å². The molecule has 0 aliphatic heterocycles. The van der Waals surface area contributed by atoms with Gasteiger partial charge in [0.05, 0.1) is 12.2 Å². The molecule has 0 heterocycles. The second-order valence-electron chi connectivity index (χ2n) is 11.6. The zero-order valence-corrected chi connectivity index (χ0v) is 18.6. The second kappa shape index (κ2) is 7.54. The SMILES string of the molecule is CC[C@H]1[C@@H](O)[C@@H]2[C@H](CC[C@]3(C)[C@@H]([C@H](C)CCO)CC[C@@H]23)[C@@]2(C)CC[C@@H](O)C[C@@H]12. The molecule has 0 saturated heterocycles. The Morgan fingerprint density at radius 2 is 1.61 bits per heavy atom. The fourth-order valence-electron chi connectivity index (χ4n) is 9.34. The third kappa shape index (κ3) is 2.94. The van der Waals surface area contributed by atoms with Crippen LogP contribution in [0.4, 0.5) is 0 Å². The largest absolute Gasteiger partial charge is 0.396 e. The molecule has 3 N–H and O–H groups in total. The van der Waals surface area contributed by atoms with E-state index in [0.29, 0.717) is 58.9 Å². The van der Waals surface area contributed by atoms with E-state index in [-0.39, 0.29) is 12.2 Å². The van der Waals surface area contributed by atoms with E-state index in [0.717, 1.165) is 32.1 Å². The van der Waals surface area contributed by atoms with Gasteiger partial charge in [-0.3, -0.25) is 0 Å². The van der Waals surface area contributed by atoms with Gasteiger partial charge in [-0.05, 0) is 104 Å². The van der Waals surface area contributed by atoms with E-state index < -0.39 is 0 Å². The van der Waals surface area contributed by atoms with Gasteiger partial charge in [0.25, 0.3) is 0 Å². The van der Waals surface area contributed by atoms with Crippen LogP contribution in [0.2, 0.25) is 0 Å². The van der Waals surface area contributed by atoms with Crippen LogP contribution >= 0.6 is 0 Å². The summed E-state index contributed by atoms with van der Waals surface area (Å²) in [5, 5.41) is 31.6. The Morgan fingerprint density at radius 3 is 2.29 bits per heavy atom. The number of aliphatic hydroxyl groups is 3. The zero-order valence-electron chi connectivity index (χ0n) is 18.6. The van der Waals surface area contributed by atoms with Crippen molar-refractivity contribution in [3.8, 4) is 0 Å². The molecule has 4 fully saturated rings. The van der Waals surface area contributed by atoms with E-state index >= 15 is 0 Å². The molecule has 4 rings (SSSR count). The predicted octanol–water partition coefficient (Wildman–Crippen LogP) is 4.63. The molecule has 4 aliphatic carbocycles. The fourth-order valence-corrected chi connectivity index (χ4v) is 9.34. The maximum Gasteiger partial charge on any atom is 0.0605 e. The lowest BCUT2D eigenvalue weighted by molar-refractivity contribution is -0.203. The molecule has 0 aromatic carbocycles. The van der Waals surface area contributed by atoms with Crippen molar-refractivity contribution in [3.05, 3.63) is 0 Å². The highest BCUT2D eigenvalue weighted by molar-refractivity contribution is 5.13. The van der Waals surface area contributed by atoms with Crippen LogP contribution in [0.5, 0.6) is 0 Å². The number of aliphatic hydroxyl groups excluding tert-OH is 3. The summed E-state index contributed by atoms with van der Waals surface area (Å²) in [4.78, 5) is 0. The Kier molecular flexibility index (Phi) is 5.69. The lowest BCUT2D eigenvalue weighted by Crippen LogP contribution is -2.62. The highest BCUT2D eigenvalue weighted by Crippen LogP contribution is 2.69. The molecule has 0 aromatic rings. The van der Waals surface area contributed by atoms with Gasteiger partial charge in [0.2, 0.25) is 0 Å². The molecule has 28 heavy (non-hydrogen) atoms. The smallest absolute Gasteiger partial charge is 0.0605 e. The quantitative estimate of drug-likeness (QED) is 0.653. The molecule has 4 aliphatic rings. The number of rotatable bonds is 4. The van der Waals surface area contributed by atoms with Gasteiger partial charge in [0.15, 0.2) is 0 Å². The average Bonchev–Trinajstić information content (AvgIpc) is 3.01. The van der Waals surface area contributed by atoms with E-state index in [1.807, 2.05) is 0 Å². The van der Waals surface area contributed by atoms with Crippen LogP contribution in [0.25, 0.3) is 0 Å². The molecular formula is C25H44O3. The highest BCUT2D eigenvalue weighted by Gasteiger charge is 2.64. The molecule has 0 radical (unpaired) electrons. The molecule has 0 unspecified atom stereocenters. The predicted molar refractivity (Wildman–Crippen MR) is 113 cm³/mol. The minimum Gasteiger partial charge on any atom is -0.396 e. The van der Waals surface area contributed by atoms with E-state index in [2.05, 4.69) is 27.7 Å². The molecule has 3 nitrogen and oxygen atoms in total. The van der Waals surface area contributed by atoms with Crippen LogP contribution in [0.3, 0.4) is 0 Å². The molecule has 0 amide bonds. The molecule has 0 spiro atoms. The first-order valence-electron chi connectivity index (χ1n) is 12.2. The molecule has 3 heteroatoms. The van der Waals surface area contributed by atoms with Crippen molar-refractivity contribution in [2.24, 2.45) is 52.3 Å². The fraction of sp³-hybridized carbons (Fsp3) is 1.00. The summed E-state index contributed by atoms with van der Waals surface area (Å²) in [6.07, 6.45) is 9.62. The Morgan fingerprint density at radius 1 is 0.929 bits per heavy atom. The van der Waals surface area contributed by atoms with Crippen molar-refractivity contribution >= 4 is 0 Å². The van der Waals surface area contributed by atoms with Gasteiger partial charge in [-0.25, -0.2) is 0 Å². The normalized spacial score (nSPS) is 54.5. The Bertz CT molecular complexity index is 564. The monoisotopic (exact) mass is 392 g/mol. The van der Waals surface area contributed by atoms with Gasteiger partial charge in [0.1, 0.15) is 0 Å². The summed E-state index contributed by atoms with van der Waals surface area (Å²) in [6.45, 7) is 9.92. The molecule has 4 saturated carbocycles. The number of hydrogen-bond donors (Lipinski definition) is 3. The van der Waals surface area contributed by atoms with Gasteiger partial charge in [-0.2, -0.15) is 0 Å². The topological polar surface area (TPSA) is 60.7 Å². The number of hydrogen-bond acceptors (Lipinski definition) is 3. The van der Waals surface area contributed by atoms with Crippen LogP contribution < -0.4 is 0 Å². The van der Waals surface area contributed by atoms with Crippen LogP contribution in [-0.2, 0) is 0 Å². The molecule has 162 valence electrons. The Labute approximate surface area is 172 Å². The summed E-state index contributed by atoms with van der Waals surface area (Å²) >= 11 is 0. The lowest BCUT2D eigenvalue weighted by atomic mass is 9.41. The third-order valence-corrected chi connectivity index (χ3v) is 10.7. The van der Waals surface area contributed by atoms with Gasteiger partial charge < -0.3 is 15.3 Å². The third-order valence-electron chi connectivity index (χ3n) is 10.7. The van der Waals surface area contributed by atoms with Crippen molar-refractivity contribution in [1.29, 1.82) is 0 Å². The zero-order chi connectivity index (χ0) is 20.3. The summed E-state index contributed by atoms with van der Waals surface area (Å²) in [5.74, 6) is 3.78. The second-order valence-corrected chi connectivity index (χ2v) is 11.6. The molecule has 11 atom stereocenters. The first kappa shape index (κ1) is 21.1. The summed E-state index contributed by atoms with van der Waals surface area (Å²) in [5.41, 5.74) is 0.617. The van der Waals surface area contributed by atoms with Crippen molar-refractivity contribution in [2.75, 3.05) is 6.61 Å². The highest BCUT2D eigenvalue weighted by atomic mass is 16.3. The Hall–Kier alpha value is -0.120. The summed E-state index contributed by atoms with van der Waals surface area (Å²) in [7, 11) is 0. The average molecular weight is 393 g/mol. The van der Waals surface area contributed by atoms with E-state index in [4.69, 9.17) is 0 Å². The van der Waals surface area contributed by atoms with Crippen molar-refractivity contribution in [3.63, 3.8) is 0 Å². The van der Waals surface area contributed by atoms with Gasteiger partial charge >= 0.3 is 0 Å². The standard InChI is InChI=1S/C25H44O3/c1-5-17-21-14-16(27)8-11-25(21,4)20-9-12-24(3)18(15(2)10-13-26)6-7-19(24)22(20)23(17)28/h15-23,26-28H,5-14H2,1-4H3/t15-,16-,17-,18-,19+,20+,21+,22+,23-,24-,25-/m1/s1. The van der Waals surface area contributed by atoms with Crippen LogP contribution in [-0.4, -0.2) is 34.1 Å². The van der Waals surface area contributed by atoms with Crippen molar-refractivity contribution < 1.29 is 15.3 Å². The van der Waals surface area contributed by atoms with Crippen LogP contribution in [0.1, 0.15) is 85.5 Å². The van der Waals surface area contributed by atoms with Gasteiger partial charge in [-0.1, -0.05) is 34.1 Å². The van der Waals surface area contributed by atoms with Crippen LogP contribution in [0.15, 0.2) is 0 Å². The summed E-state index contributed by atoms with van der Waals surface area (Å²) in [6, 6.07) is 0. The molecule has 0 aromatic heterocycles. The maximum absolute atomic E-state index is 11.7. The van der Waals surface area contributed by atoms with Gasteiger partial charge in [0, 0.05) is 6.61 Å². The first-order chi connectivity index (χ1) is 13.3. The van der Waals surface area contributed by atoms with Crippen molar-refractivity contribution in [1.82, 2.24) is 0 Å². The molecular weight excluding hydrogens is 348 g/mol. The first-order valence-corrected chi connectivity index (χ1v) is 12.2. The van der Waals surface area contributed by atoms with Gasteiger partial charge in [-0.15, -0.1) is 0 Å². The molecule has 0 bridgehead atoms. The van der Waals surface area contributed by atoms with Crippen molar-refractivity contribution in [2.45, 2.75) is 97.7 Å². The lowest BCUT2D eigenvalue weighted by Gasteiger charge is -2.64. The van der Waals surface area contributed by atoms with E-state index in [1.54, 1.807) is 0 Å². The minimum atomic E-state index is -0.199. The maximum atomic E-state index is 11.7.